The average molecular weight is 227 g/mol. The highest BCUT2D eigenvalue weighted by Gasteiger charge is 2.14. The van der Waals surface area contributed by atoms with Crippen LogP contribution in [0.1, 0.15) is 19.8 Å². The van der Waals surface area contributed by atoms with E-state index in [0.29, 0.717) is 19.4 Å². The second-order valence-corrected chi connectivity index (χ2v) is 3.89. The molecule has 0 aliphatic heterocycles. The van der Waals surface area contributed by atoms with Crippen LogP contribution in [0.2, 0.25) is 0 Å². The first-order valence-corrected chi connectivity index (χ1v) is 5.47. The van der Waals surface area contributed by atoms with Gasteiger partial charge in [-0.15, -0.1) is 20.8 Å². The Morgan fingerprint density at radius 1 is 1.69 bits per heavy atom. The lowest BCUT2D eigenvalue weighted by Crippen LogP contribution is -2.23. The number of rotatable bonds is 6. The molecule has 1 N–H and O–H groups in total. The molecule has 0 saturated carbocycles. The number of ether oxygens (including phenoxy) is 1. The zero-order valence-corrected chi connectivity index (χ0v) is 9.61. The summed E-state index contributed by atoms with van der Waals surface area (Å²) in [7, 11) is 2.48. The Kier molecular flexibility index (Phi) is 7.63. The van der Waals surface area contributed by atoms with Crippen LogP contribution in [-0.4, -0.2) is 35.3 Å². The molecule has 13 heavy (non-hydrogen) atoms. The number of hydrogen-bond acceptors (Lipinski definition) is 3. The molecule has 0 saturated heterocycles. The van der Waals surface area contributed by atoms with E-state index >= 15 is 0 Å². The number of aliphatic hydroxyl groups is 1. The topological polar surface area (TPSA) is 46.5 Å². The van der Waals surface area contributed by atoms with Crippen LogP contribution in [0.4, 0.5) is 0 Å². The van der Waals surface area contributed by atoms with Gasteiger partial charge in [0.25, 0.3) is 0 Å². The zero-order chi connectivity index (χ0) is 10.3. The summed E-state index contributed by atoms with van der Waals surface area (Å²) in [5, 5.41) is 9.26. The highest BCUT2D eigenvalue weighted by atomic mass is 35.5. The molecule has 3 nitrogen and oxygen atoms in total. The first-order valence-electron chi connectivity index (χ1n) is 4.27. The summed E-state index contributed by atoms with van der Waals surface area (Å²) in [4.78, 5) is 10.9. The Balaban J connectivity index is 3.57. The van der Waals surface area contributed by atoms with Crippen molar-refractivity contribution < 1.29 is 14.6 Å². The van der Waals surface area contributed by atoms with Gasteiger partial charge in [0, 0.05) is 18.0 Å². The maximum atomic E-state index is 10.9. The van der Waals surface area contributed by atoms with E-state index in [-0.39, 0.29) is 17.5 Å². The van der Waals surface area contributed by atoms with Crippen molar-refractivity contribution in [2.45, 2.75) is 31.5 Å². The first kappa shape index (κ1) is 13.2. The Hall–Kier alpha value is 0.150. The second kappa shape index (κ2) is 7.54. The molecule has 78 valence electrons. The van der Waals surface area contributed by atoms with Gasteiger partial charge in [0.2, 0.25) is 0 Å². The van der Waals surface area contributed by atoms with E-state index in [9.17, 15) is 9.90 Å². The summed E-state index contributed by atoms with van der Waals surface area (Å²) in [5.74, 6) is -0.0338. The summed E-state index contributed by atoms with van der Waals surface area (Å²) in [5.41, 5.74) is -0.0399. The second-order valence-electron chi connectivity index (χ2n) is 2.73. The van der Waals surface area contributed by atoms with E-state index in [1.165, 1.54) is 0 Å². The lowest BCUT2D eigenvalue weighted by atomic mass is 10.1. The Bertz CT molecular complexity index is 154. The van der Waals surface area contributed by atoms with Gasteiger partial charge in [0.15, 0.2) is 0 Å². The maximum absolute atomic E-state index is 10.9. The Morgan fingerprint density at radius 3 is 2.77 bits per heavy atom. The summed E-state index contributed by atoms with van der Waals surface area (Å²) in [6.07, 6.45) is 0.342. The van der Waals surface area contributed by atoms with Crippen molar-refractivity contribution in [3.63, 3.8) is 0 Å². The molecule has 3 atom stereocenters. The smallest absolute Gasteiger partial charge is 0.305 e. The predicted octanol–water partition coefficient (Wildman–Crippen LogP) is 1.17. The summed E-state index contributed by atoms with van der Waals surface area (Å²) >= 11 is 5.44. The quantitative estimate of drug-likeness (QED) is 0.420. The number of aliphatic hydroxyl groups excluding tert-OH is 1. The van der Waals surface area contributed by atoms with E-state index in [1.54, 1.807) is 6.92 Å². The zero-order valence-electron chi connectivity index (χ0n) is 7.70. The molecule has 0 aromatic carbocycles. The number of alkyl halides is 1. The monoisotopic (exact) mass is 226 g/mol. The van der Waals surface area contributed by atoms with E-state index < -0.39 is 6.10 Å². The maximum Gasteiger partial charge on any atom is 0.305 e. The third-order valence-electron chi connectivity index (χ3n) is 1.64. The minimum atomic E-state index is -0.568. The fraction of sp³-hybridized carbons (Fsp3) is 0.875. The summed E-state index contributed by atoms with van der Waals surface area (Å²) < 4.78 is 4.74. The van der Waals surface area contributed by atoms with E-state index in [1.807, 2.05) is 0 Å². The van der Waals surface area contributed by atoms with Gasteiger partial charge in [-0.1, -0.05) is 0 Å². The first-order chi connectivity index (χ1) is 6.11. The van der Waals surface area contributed by atoms with Crippen LogP contribution in [-0.2, 0) is 9.53 Å². The van der Waals surface area contributed by atoms with Crippen molar-refractivity contribution in [2.75, 3.05) is 12.5 Å². The minimum absolute atomic E-state index is 0.0399. The SMILES string of the molecule is CCOC(=O)CCC(P)C(O)CCl. The molecule has 0 aromatic rings. The number of carbonyl (C=O) groups excluding carboxylic acids is 1. The molecule has 0 amide bonds. The molecule has 0 bridgehead atoms. The molecule has 0 radical (unpaired) electrons. The van der Waals surface area contributed by atoms with Crippen LogP contribution in [0.3, 0.4) is 0 Å². The number of halogens is 1. The number of esters is 1. The largest absolute Gasteiger partial charge is 0.466 e. The molecule has 0 aliphatic carbocycles. The van der Waals surface area contributed by atoms with Crippen molar-refractivity contribution >= 4 is 26.8 Å². The van der Waals surface area contributed by atoms with Crippen LogP contribution in [0.5, 0.6) is 0 Å². The fourth-order valence-corrected chi connectivity index (χ4v) is 1.53. The molecule has 0 aromatic heterocycles. The van der Waals surface area contributed by atoms with Gasteiger partial charge >= 0.3 is 5.97 Å². The molecular weight excluding hydrogens is 211 g/mol. The van der Waals surface area contributed by atoms with E-state index in [4.69, 9.17) is 16.3 Å². The van der Waals surface area contributed by atoms with Gasteiger partial charge in [-0.05, 0) is 13.3 Å². The highest BCUT2D eigenvalue weighted by molar-refractivity contribution is 7.17. The van der Waals surface area contributed by atoms with Crippen molar-refractivity contribution in [1.82, 2.24) is 0 Å². The highest BCUT2D eigenvalue weighted by Crippen LogP contribution is 2.14. The molecule has 3 unspecified atom stereocenters. The average Bonchev–Trinajstić information content (AvgIpc) is 2.13. The molecular formula is C8H16ClO3P. The molecule has 0 heterocycles. The van der Waals surface area contributed by atoms with Crippen LogP contribution in [0, 0.1) is 0 Å². The number of hydrogen-bond donors (Lipinski definition) is 1. The van der Waals surface area contributed by atoms with Crippen molar-refractivity contribution in [3.8, 4) is 0 Å². The van der Waals surface area contributed by atoms with E-state index in [2.05, 4.69) is 9.24 Å². The minimum Gasteiger partial charge on any atom is -0.466 e. The van der Waals surface area contributed by atoms with Gasteiger partial charge in [0.05, 0.1) is 12.7 Å². The van der Waals surface area contributed by atoms with E-state index in [0.717, 1.165) is 0 Å². The van der Waals surface area contributed by atoms with Gasteiger partial charge < -0.3 is 9.84 Å². The van der Waals surface area contributed by atoms with Gasteiger partial charge in [-0.2, -0.15) is 0 Å². The number of carbonyl (C=O) groups is 1. The standard InChI is InChI=1S/C8H16ClO3P/c1-2-12-8(11)4-3-7(13)6(10)5-9/h6-7,10H,2-5,13H2,1H3. The molecule has 0 rings (SSSR count). The van der Waals surface area contributed by atoms with Crippen LogP contribution >= 0.6 is 20.8 Å². The summed E-state index contributed by atoms with van der Waals surface area (Å²) in [6.45, 7) is 2.17. The molecule has 0 aliphatic rings. The van der Waals surface area contributed by atoms with Crippen molar-refractivity contribution in [3.05, 3.63) is 0 Å². The van der Waals surface area contributed by atoms with Crippen LogP contribution in [0.15, 0.2) is 0 Å². The van der Waals surface area contributed by atoms with Gasteiger partial charge in [0.1, 0.15) is 0 Å². The molecule has 0 spiro atoms. The van der Waals surface area contributed by atoms with Crippen molar-refractivity contribution in [1.29, 1.82) is 0 Å². The van der Waals surface area contributed by atoms with Crippen LogP contribution in [0.25, 0.3) is 0 Å². The Labute approximate surface area is 86.0 Å². The summed E-state index contributed by atoms with van der Waals surface area (Å²) in [6, 6.07) is 0. The van der Waals surface area contributed by atoms with Crippen molar-refractivity contribution in [2.24, 2.45) is 0 Å². The third kappa shape index (κ3) is 6.25. The Morgan fingerprint density at radius 2 is 2.31 bits per heavy atom. The lowest BCUT2D eigenvalue weighted by molar-refractivity contribution is -0.143. The van der Waals surface area contributed by atoms with Gasteiger partial charge in [-0.3, -0.25) is 4.79 Å². The normalized spacial score (nSPS) is 15.1. The fourth-order valence-electron chi connectivity index (χ4n) is 0.824. The third-order valence-corrected chi connectivity index (χ3v) is 2.73. The lowest BCUT2D eigenvalue weighted by Gasteiger charge is -2.15. The van der Waals surface area contributed by atoms with Crippen LogP contribution < -0.4 is 0 Å². The predicted molar refractivity (Wildman–Crippen MR) is 56.1 cm³/mol. The molecule has 0 fully saturated rings. The molecule has 5 heteroatoms. The van der Waals surface area contributed by atoms with Gasteiger partial charge in [-0.25, -0.2) is 0 Å².